The van der Waals surface area contributed by atoms with Crippen LogP contribution in [0, 0.1) is 35.8 Å². The van der Waals surface area contributed by atoms with Gasteiger partial charge in [-0.3, -0.25) is 14.0 Å². The van der Waals surface area contributed by atoms with Crippen LogP contribution in [0.5, 0.6) is 5.75 Å². The van der Waals surface area contributed by atoms with Crippen LogP contribution in [-0.2, 0) is 4.79 Å². The van der Waals surface area contributed by atoms with Gasteiger partial charge in [-0.25, -0.2) is 14.4 Å². The molecule has 2 aliphatic rings. The zero-order chi connectivity index (χ0) is 32.4. The molecule has 4 aromatic rings. The molecule has 2 atom stereocenters. The Labute approximate surface area is 263 Å². The highest BCUT2D eigenvalue weighted by molar-refractivity contribution is 5.96. The highest BCUT2D eigenvalue weighted by atomic mass is 19.2. The summed E-state index contributed by atoms with van der Waals surface area (Å²) in [5.74, 6) is -2.93. The number of piperidine rings is 1. The summed E-state index contributed by atoms with van der Waals surface area (Å²) < 4.78 is 36.1. The number of β-amino-alcohol motifs (C(OH)–C–C–N with tert-alkyl or cyclic N) is 1. The molecule has 0 radical (unpaired) electrons. The molecule has 2 aromatic heterocycles. The molecule has 0 aliphatic carbocycles. The zero-order valence-corrected chi connectivity index (χ0v) is 25.0. The van der Waals surface area contributed by atoms with E-state index in [9.17, 15) is 23.5 Å². The lowest BCUT2D eigenvalue weighted by Crippen LogP contribution is -2.55. The minimum atomic E-state index is -1.20. The van der Waals surface area contributed by atoms with Crippen molar-refractivity contribution < 1.29 is 28.2 Å². The number of aliphatic hydroxyl groups is 1. The van der Waals surface area contributed by atoms with Crippen molar-refractivity contribution >= 4 is 29.0 Å². The number of carbonyl (C=O) groups excluding carboxylic acids is 2. The van der Waals surface area contributed by atoms with Gasteiger partial charge in [0.25, 0.3) is 5.91 Å². The number of nitrogens with one attached hydrogen (secondary N) is 2. The van der Waals surface area contributed by atoms with E-state index in [2.05, 4.69) is 20.6 Å². The van der Waals surface area contributed by atoms with Gasteiger partial charge in [0.05, 0.1) is 23.9 Å². The number of anilines is 2. The van der Waals surface area contributed by atoms with E-state index in [0.717, 1.165) is 5.56 Å². The quantitative estimate of drug-likeness (QED) is 0.280. The van der Waals surface area contributed by atoms with E-state index < -0.39 is 30.3 Å². The van der Waals surface area contributed by atoms with Crippen LogP contribution in [0.1, 0.15) is 22.3 Å². The third-order valence-electron chi connectivity index (χ3n) is 8.41. The van der Waals surface area contributed by atoms with Crippen molar-refractivity contribution in [3.63, 3.8) is 0 Å². The van der Waals surface area contributed by atoms with E-state index in [-0.39, 0.29) is 28.8 Å². The molecule has 2 fully saturated rings. The van der Waals surface area contributed by atoms with Crippen molar-refractivity contribution in [2.75, 3.05) is 51.2 Å². The second kappa shape index (κ2) is 13.1. The van der Waals surface area contributed by atoms with Crippen molar-refractivity contribution in [1.82, 2.24) is 29.5 Å². The normalized spacial score (nSPS) is 18.3. The van der Waals surface area contributed by atoms with Crippen molar-refractivity contribution in [2.45, 2.75) is 19.4 Å². The maximum Gasteiger partial charge on any atom is 0.254 e. The van der Waals surface area contributed by atoms with Crippen molar-refractivity contribution in [3.05, 3.63) is 71.7 Å². The number of ether oxygens (including phenoxy) is 1. The fraction of sp³-hybridized carbons (Fsp3) is 0.344. The van der Waals surface area contributed by atoms with Gasteiger partial charge in [-0.05, 0) is 55.8 Å². The fourth-order valence-corrected chi connectivity index (χ4v) is 5.94. The molecule has 14 heteroatoms. The number of aryl methyl sites for hydroxylation is 1. The number of aliphatic hydroxyl groups excluding tert-OH is 1. The standard InChI is InChI=1S/C32H32F2N8O4/c1-19-16-20(2-3-21(19)31(44)40-11-13-41(14-12-40)32(45)23-6-8-36-18-25(23)43)39-29-30-38-17-24(42(30)10-9-37-29)22-4-5-26(46-15-7-35)28(34)27(22)33/h2-5,9-10,16-17,23,25,36,43H,6,8,11-15,18H2,1H3,(H,37,39)/t23-,25-/m0/s1. The second-order valence-corrected chi connectivity index (χ2v) is 11.2. The van der Waals surface area contributed by atoms with Crippen LogP contribution in [0.2, 0.25) is 0 Å². The van der Waals surface area contributed by atoms with Gasteiger partial charge in [-0.2, -0.15) is 9.65 Å². The minimum Gasteiger partial charge on any atom is -0.476 e. The number of fused-ring (bicyclic) bond motifs is 1. The van der Waals surface area contributed by atoms with Gasteiger partial charge in [0, 0.05) is 61.9 Å². The molecule has 2 aliphatic heterocycles. The molecular weight excluding hydrogens is 598 g/mol. The predicted octanol–water partition coefficient (Wildman–Crippen LogP) is 2.88. The topological polar surface area (TPSA) is 148 Å². The monoisotopic (exact) mass is 630 g/mol. The molecule has 3 N–H and O–H groups in total. The zero-order valence-electron chi connectivity index (χ0n) is 25.0. The smallest absolute Gasteiger partial charge is 0.254 e. The third kappa shape index (κ3) is 5.94. The summed E-state index contributed by atoms with van der Waals surface area (Å²) in [4.78, 5) is 38.6. The van der Waals surface area contributed by atoms with Crippen LogP contribution in [0.4, 0.5) is 20.3 Å². The first-order chi connectivity index (χ1) is 22.3. The van der Waals surface area contributed by atoms with Crippen LogP contribution in [0.15, 0.2) is 48.9 Å². The van der Waals surface area contributed by atoms with Gasteiger partial charge in [-0.1, -0.05) is 0 Å². The molecule has 0 unspecified atom stereocenters. The maximum atomic E-state index is 15.0. The van der Waals surface area contributed by atoms with Gasteiger partial charge < -0.3 is 30.3 Å². The summed E-state index contributed by atoms with van der Waals surface area (Å²) in [6.45, 7) is 4.16. The number of imidazole rings is 1. The van der Waals surface area contributed by atoms with Crippen LogP contribution in [0.25, 0.3) is 16.9 Å². The summed E-state index contributed by atoms with van der Waals surface area (Å²) in [6.07, 6.45) is 4.38. The van der Waals surface area contributed by atoms with Gasteiger partial charge in [0.15, 0.2) is 29.6 Å². The summed E-state index contributed by atoms with van der Waals surface area (Å²) in [5.41, 5.74) is 2.52. The minimum absolute atomic E-state index is 0.0424. The Morgan fingerprint density at radius 3 is 2.65 bits per heavy atom. The van der Waals surface area contributed by atoms with Gasteiger partial charge >= 0.3 is 0 Å². The molecule has 4 heterocycles. The Morgan fingerprint density at radius 2 is 1.91 bits per heavy atom. The number of hydrogen-bond donors (Lipinski definition) is 3. The SMILES string of the molecule is Cc1cc(Nc2nccn3c(-c4ccc(OCC#N)c(F)c4F)cnc23)ccc1C(=O)N1CCN(C(=O)[C@H]2CCNC[C@@H]2O)CC1. The third-order valence-corrected chi connectivity index (χ3v) is 8.41. The van der Waals surface area contributed by atoms with E-state index in [1.54, 1.807) is 38.6 Å². The second-order valence-electron chi connectivity index (χ2n) is 11.2. The van der Waals surface area contributed by atoms with Crippen LogP contribution >= 0.6 is 0 Å². The highest BCUT2D eigenvalue weighted by Crippen LogP contribution is 2.32. The molecule has 2 aromatic carbocycles. The average molecular weight is 631 g/mol. The Hall–Kier alpha value is -5.13. The first-order valence-electron chi connectivity index (χ1n) is 14.9. The lowest BCUT2D eigenvalue weighted by Gasteiger charge is -2.38. The number of hydrogen-bond acceptors (Lipinski definition) is 9. The van der Waals surface area contributed by atoms with Gasteiger partial charge in [0.1, 0.15) is 6.07 Å². The van der Waals surface area contributed by atoms with Crippen LogP contribution < -0.4 is 15.4 Å². The van der Waals surface area contributed by atoms with Gasteiger partial charge in [0.2, 0.25) is 11.7 Å². The number of amides is 2. The summed E-state index contributed by atoms with van der Waals surface area (Å²) in [5, 5.41) is 25.2. The fourth-order valence-electron chi connectivity index (χ4n) is 5.94. The molecule has 238 valence electrons. The summed E-state index contributed by atoms with van der Waals surface area (Å²) in [6, 6.07) is 9.64. The first kappa shape index (κ1) is 30.9. The molecule has 0 bridgehead atoms. The van der Waals surface area contributed by atoms with E-state index in [1.807, 2.05) is 13.0 Å². The number of aromatic nitrogens is 3. The molecule has 2 saturated heterocycles. The van der Waals surface area contributed by atoms with Crippen molar-refractivity contribution in [1.29, 1.82) is 5.26 Å². The van der Waals surface area contributed by atoms with Crippen molar-refractivity contribution in [2.24, 2.45) is 5.92 Å². The van der Waals surface area contributed by atoms with E-state index in [4.69, 9.17) is 10.00 Å². The number of nitrogens with zero attached hydrogens (tertiary/aromatic N) is 6. The highest BCUT2D eigenvalue weighted by Gasteiger charge is 2.34. The number of halogens is 2. The molecular formula is C32H32F2N8O4. The largest absolute Gasteiger partial charge is 0.476 e. The summed E-state index contributed by atoms with van der Waals surface area (Å²) in [7, 11) is 0. The number of piperazine rings is 1. The molecule has 2 amide bonds. The van der Waals surface area contributed by atoms with E-state index in [1.165, 1.54) is 24.5 Å². The number of rotatable bonds is 7. The number of carbonyl (C=O) groups is 2. The lowest BCUT2D eigenvalue weighted by atomic mass is 9.93. The van der Waals surface area contributed by atoms with Crippen LogP contribution in [0.3, 0.4) is 0 Å². The van der Waals surface area contributed by atoms with Gasteiger partial charge in [-0.15, -0.1) is 0 Å². The predicted molar refractivity (Wildman–Crippen MR) is 163 cm³/mol. The maximum absolute atomic E-state index is 15.0. The van der Waals surface area contributed by atoms with Crippen molar-refractivity contribution in [3.8, 4) is 23.1 Å². The summed E-state index contributed by atoms with van der Waals surface area (Å²) >= 11 is 0. The van der Waals surface area contributed by atoms with E-state index >= 15 is 0 Å². The van der Waals surface area contributed by atoms with Crippen LogP contribution in [-0.4, -0.2) is 93.1 Å². The first-order valence-corrected chi connectivity index (χ1v) is 14.9. The molecule has 0 saturated carbocycles. The Morgan fingerprint density at radius 1 is 1.13 bits per heavy atom. The number of nitriles is 1. The Balaban J connectivity index is 1.14. The molecule has 12 nitrogen and oxygen atoms in total. The average Bonchev–Trinajstić information content (AvgIpc) is 3.50. The molecule has 0 spiro atoms. The van der Waals surface area contributed by atoms with E-state index in [0.29, 0.717) is 68.4 Å². The lowest BCUT2D eigenvalue weighted by molar-refractivity contribution is -0.141. The Bertz CT molecular complexity index is 1830. The molecule has 46 heavy (non-hydrogen) atoms. The Kier molecular flexibility index (Phi) is 8.78. The number of benzene rings is 2. The molecule has 6 rings (SSSR count).